The molecule has 3 aromatic rings. The van der Waals surface area contributed by atoms with Crippen LogP contribution in [0.15, 0.2) is 77.7 Å². The van der Waals surface area contributed by atoms with Gasteiger partial charge in [0.25, 0.3) is 0 Å². The molecule has 2 N–H and O–H groups in total. The summed E-state index contributed by atoms with van der Waals surface area (Å²) >= 11 is 1.44. The second-order valence-electron chi connectivity index (χ2n) is 5.58. The van der Waals surface area contributed by atoms with Gasteiger partial charge in [-0.25, -0.2) is 10.2 Å². The SMILES string of the molecule is C=CCn1c(-c2ccc(OC)cc2)cs/c1=N/NC(=O)Nc1ccccc1. The van der Waals surface area contributed by atoms with Gasteiger partial charge < -0.3 is 14.6 Å². The van der Waals surface area contributed by atoms with Gasteiger partial charge in [-0.3, -0.25) is 0 Å². The van der Waals surface area contributed by atoms with E-state index in [1.807, 2.05) is 64.5 Å². The van der Waals surface area contributed by atoms with Crippen LogP contribution in [0.3, 0.4) is 0 Å². The number of nitrogens with one attached hydrogen (secondary N) is 2. The van der Waals surface area contributed by atoms with E-state index in [1.54, 1.807) is 13.2 Å². The van der Waals surface area contributed by atoms with E-state index in [4.69, 9.17) is 4.74 Å². The number of hydrogen-bond donors (Lipinski definition) is 2. The van der Waals surface area contributed by atoms with E-state index in [9.17, 15) is 4.79 Å². The molecule has 0 aliphatic heterocycles. The molecule has 0 aliphatic carbocycles. The molecular formula is C20H20N4O2S. The summed E-state index contributed by atoms with van der Waals surface area (Å²) in [5, 5.41) is 8.98. The third kappa shape index (κ3) is 4.65. The predicted octanol–water partition coefficient (Wildman–Crippen LogP) is 4.05. The highest BCUT2D eigenvalue weighted by Crippen LogP contribution is 2.23. The maximum atomic E-state index is 12.0. The van der Waals surface area contributed by atoms with Crippen molar-refractivity contribution in [1.29, 1.82) is 0 Å². The standard InChI is InChI=1S/C20H20N4O2S/c1-3-13-24-18(15-9-11-17(26-2)12-10-15)14-27-20(24)23-22-19(25)21-16-7-5-4-6-8-16/h3-12,14H,1,13H2,2H3,(H2,21,22,25)/b23-20+. The number of thiazole rings is 1. The Balaban J connectivity index is 1.82. The van der Waals surface area contributed by atoms with E-state index < -0.39 is 6.03 Å². The Labute approximate surface area is 161 Å². The number of rotatable bonds is 6. The predicted molar refractivity (Wildman–Crippen MR) is 109 cm³/mol. The fourth-order valence-corrected chi connectivity index (χ4v) is 3.37. The maximum absolute atomic E-state index is 12.0. The van der Waals surface area contributed by atoms with Gasteiger partial charge in [0, 0.05) is 17.6 Å². The third-order valence-electron chi connectivity index (χ3n) is 3.78. The van der Waals surface area contributed by atoms with Crippen LogP contribution < -0.4 is 20.3 Å². The molecule has 0 atom stereocenters. The number of urea groups is 1. The number of allylic oxidation sites excluding steroid dienone is 1. The molecule has 0 fully saturated rings. The summed E-state index contributed by atoms with van der Waals surface area (Å²) < 4.78 is 7.20. The van der Waals surface area contributed by atoms with Crippen molar-refractivity contribution < 1.29 is 9.53 Å². The lowest BCUT2D eigenvalue weighted by molar-refractivity contribution is 0.252. The van der Waals surface area contributed by atoms with Crippen LogP contribution in [0.5, 0.6) is 5.75 Å². The summed E-state index contributed by atoms with van der Waals surface area (Å²) in [4.78, 5) is 12.7. The van der Waals surface area contributed by atoms with E-state index in [0.29, 0.717) is 17.0 Å². The van der Waals surface area contributed by atoms with Crippen LogP contribution in [0.25, 0.3) is 11.3 Å². The molecule has 0 aliphatic rings. The first-order valence-corrected chi connectivity index (χ1v) is 9.18. The van der Waals surface area contributed by atoms with E-state index in [1.165, 1.54) is 11.3 Å². The molecule has 3 rings (SSSR count). The average Bonchev–Trinajstić information content (AvgIpc) is 3.10. The lowest BCUT2D eigenvalue weighted by atomic mass is 10.1. The molecule has 0 radical (unpaired) electrons. The zero-order valence-electron chi connectivity index (χ0n) is 14.9. The van der Waals surface area contributed by atoms with Gasteiger partial charge in [0.1, 0.15) is 5.75 Å². The van der Waals surface area contributed by atoms with Crippen molar-refractivity contribution in [2.45, 2.75) is 6.54 Å². The molecule has 1 heterocycles. The lowest BCUT2D eigenvalue weighted by Crippen LogP contribution is -2.28. The summed E-state index contributed by atoms with van der Waals surface area (Å²) in [5.41, 5.74) is 5.27. The molecule has 2 aromatic carbocycles. The van der Waals surface area contributed by atoms with Gasteiger partial charge in [0.15, 0.2) is 0 Å². The Morgan fingerprint density at radius 3 is 2.63 bits per heavy atom. The van der Waals surface area contributed by atoms with Crippen molar-refractivity contribution in [2.24, 2.45) is 5.10 Å². The zero-order chi connectivity index (χ0) is 19.1. The minimum atomic E-state index is -0.397. The molecule has 2 amide bonds. The number of anilines is 1. The second-order valence-corrected chi connectivity index (χ2v) is 6.41. The number of amides is 2. The van der Waals surface area contributed by atoms with E-state index in [0.717, 1.165) is 17.0 Å². The number of benzene rings is 2. The molecule has 1 aromatic heterocycles. The van der Waals surface area contributed by atoms with Crippen LogP contribution >= 0.6 is 11.3 Å². The smallest absolute Gasteiger partial charge is 0.339 e. The number of methoxy groups -OCH3 is 1. The van der Waals surface area contributed by atoms with Crippen LogP contribution in [0.4, 0.5) is 10.5 Å². The summed E-state index contributed by atoms with van der Waals surface area (Å²) in [5.74, 6) is 0.799. The first-order valence-electron chi connectivity index (χ1n) is 8.30. The summed E-state index contributed by atoms with van der Waals surface area (Å²) in [7, 11) is 1.64. The van der Waals surface area contributed by atoms with Crippen LogP contribution in [-0.4, -0.2) is 17.7 Å². The van der Waals surface area contributed by atoms with Crippen LogP contribution in [0.2, 0.25) is 0 Å². The second kappa shape index (κ2) is 8.86. The number of carbonyl (C=O) groups is 1. The van der Waals surface area contributed by atoms with Gasteiger partial charge in [-0.2, -0.15) is 0 Å². The van der Waals surface area contributed by atoms with E-state index in [2.05, 4.69) is 22.4 Å². The zero-order valence-corrected chi connectivity index (χ0v) is 15.7. The first-order chi connectivity index (χ1) is 13.2. The summed E-state index contributed by atoms with van der Waals surface area (Å²) in [6, 6.07) is 16.6. The topological polar surface area (TPSA) is 67.6 Å². The van der Waals surface area contributed by atoms with Gasteiger partial charge in [0.2, 0.25) is 4.80 Å². The quantitative estimate of drug-likeness (QED) is 0.500. The number of carbonyl (C=O) groups excluding carboxylic acids is 1. The van der Waals surface area contributed by atoms with E-state index in [-0.39, 0.29) is 0 Å². The number of ether oxygens (including phenoxy) is 1. The molecule has 27 heavy (non-hydrogen) atoms. The molecule has 7 heteroatoms. The molecule has 138 valence electrons. The summed E-state index contributed by atoms with van der Waals surface area (Å²) in [6.07, 6.45) is 1.79. The van der Waals surface area contributed by atoms with Crippen molar-refractivity contribution >= 4 is 23.1 Å². The van der Waals surface area contributed by atoms with Crippen molar-refractivity contribution in [3.63, 3.8) is 0 Å². The molecule has 0 unspecified atom stereocenters. The molecule has 0 saturated heterocycles. The van der Waals surface area contributed by atoms with Crippen molar-refractivity contribution in [3.8, 4) is 17.0 Å². The number of aromatic nitrogens is 1. The Hall–Kier alpha value is -3.32. The van der Waals surface area contributed by atoms with Crippen molar-refractivity contribution in [3.05, 3.63) is 77.4 Å². The Kier molecular flexibility index (Phi) is 6.06. The van der Waals surface area contributed by atoms with E-state index >= 15 is 0 Å². The highest BCUT2D eigenvalue weighted by atomic mass is 32.1. The molecule has 0 saturated carbocycles. The Bertz CT molecular complexity index is 975. The molecular weight excluding hydrogens is 360 g/mol. The fourth-order valence-electron chi connectivity index (χ4n) is 2.50. The largest absolute Gasteiger partial charge is 0.497 e. The Morgan fingerprint density at radius 2 is 1.96 bits per heavy atom. The molecule has 6 nitrogen and oxygen atoms in total. The molecule has 0 bridgehead atoms. The highest BCUT2D eigenvalue weighted by molar-refractivity contribution is 7.07. The fraction of sp³-hybridized carbons (Fsp3) is 0.100. The average molecular weight is 380 g/mol. The normalized spacial score (nSPS) is 11.1. The van der Waals surface area contributed by atoms with Crippen LogP contribution in [0, 0.1) is 0 Å². The lowest BCUT2D eigenvalue weighted by Gasteiger charge is -2.08. The third-order valence-corrected chi connectivity index (χ3v) is 4.64. The highest BCUT2D eigenvalue weighted by Gasteiger charge is 2.08. The number of nitrogens with zero attached hydrogens (tertiary/aromatic N) is 2. The van der Waals surface area contributed by atoms with Gasteiger partial charge in [-0.05, 0) is 42.0 Å². The van der Waals surface area contributed by atoms with Crippen molar-refractivity contribution in [2.75, 3.05) is 12.4 Å². The Morgan fingerprint density at radius 1 is 1.22 bits per heavy atom. The van der Waals surface area contributed by atoms with Gasteiger partial charge in [-0.15, -0.1) is 23.0 Å². The van der Waals surface area contributed by atoms with Crippen LogP contribution in [-0.2, 0) is 6.54 Å². The van der Waals surface area contributed by atoms with Gasteiger partial charge in [0.05, 0.1) is 12.8 Å². The minimum absolute atomic E-state index is 0.397. The number of para-hydroxylation sites is 1. The van der Waals surface area contributed by atoms with Gasteiger partial charge >= 0.3 is 6.03 Å². The minimum Gasteiger partial charge on any atom is -0.497 e. The monoisotopic (exact) mass is 380 g/mol. The molecule has 0 spiro atoms. The maximum Gasteiger partial charge on any atom is 0.339 e. The van der Waals surface area contributed by atoms with Gasteiger partial charge in [-0.1, -0.05) is 24.3 Å². The first kappa shape index (κ1) is 18.5. The number of hydrogen-bond acceptors (Lipinski definition) is 4. The van der Waals surface area contributed by atoms with Crippen LogP contribution in [0.1, 0.15) is 0 Å². The van der Waals surface area contributed by atoms with Crippen molar-refractivity contribution in [1.82, 2.24) is 9.99 Å². The summed E-state index contributed by atoms with van der Waals surface area (Å²) in [6.45, 7) is 4.39.